The van der Waals surface area contributed by atoms with Crippen molar-refractivity contribution in [1.82, 2.24) is 10.3 Å². The fourth-order valence-electron chi connectivity index (χ4n) is 3.76. The highest BCUT2D eigenvalue weighted by molar-refractivity contribution is 5.92. The molecule has 1 atom stereocenters. The Balaban J connectivity index is 1.19. The zero-order valence-electron chi connectivity index (χ0n) is 20.1. The van der Waals surface area contributed by atoms with Crippen molar-refractivity contribution in [3.63, 3.8) is 0 Å². The Morgan fingerprint density at radius 1 is 0.833 bits per heavy atom. The Morgan fingerprint density at radius 3 is 2.31 bits per heavy atom. The van der Waals surface area contributed by atoms with Gasteiger partial charge >= 0.3 is 0 Å². The molecule has 4 rings (SSSR count). The van der Waals surface area contributed by atoms with E-state index in [9.17, 15) is 9.90 Å². The first-order valence-corrected chi connectivity index (χ1v) is 12.1. The maximum atomic E-state index is 12.5. The molecule has 1 heterocycles. The highest BCUT2D eigenvalue weighted by atomic mass is 16.5. The number of ether oxygens (including phenoxy) is 1. The molecule has 0 saturated heterocycles. The van der Waals surface area contributed by atoms with E-state index in [0.717, 1.165) is 35.3 Å². The van der Waals surface area contributed by atoms with E-state index < -0.39 is 6.10 Å². The van der Waals surface area contributed by atoms with Gasteiger partial charge in [0.05, 0.1) is 18.2 Å². The van der Waals surface area contributed by atoms with Crippen LogP contribution in [-0.2, 0) is 24.2 Å². The summed E-state index contributed by atoms with van der Waals surface area (Å²) in [5, 5.41) is 16.4. The summed E-state index contributed by atoms with van der Waals surface area (Å²) >= 11 is 0. The lowest BCUT2D eigenvalue weighted by atomic mass is 10.1. The first-order chi connectivity index (χ1) is 17.7. The molecule has 36 heavy (non-hydrogen) atoms. The van der Waals surface area contributed by atoms with E-state index >= 15 is 0 Å². The summed E-state index contributed by atoms with van der Waals surface area (Å²) in [7, 11) is 0. The minimum absolute atomic E-state index is 0.132. The highest BCUT2D eigenvalue weighted by Crippen LogP contribution is 2.14. The molecule has 0 spiro atoms. The third-order valence-electron chi connectivity index (χ3n) is 5.70. The summed E-state index contributed by atoms with van der Waals surface area (Å²) in [5.41, 5.74) is 4.52. The average Bonchev–Trinajstić information content (AvgIpc) is 2.92. The van der Waals surface area contributed by atoms with Crippen LogP contribution in [0, 0.1) is 0 Å². The van der Waals surface area contributed by atoms with Gasteiger partial charge in [-0.2, -0.15) is 0 Å². The summed E-state index contributed by atoms with van der Waals surface area (Å²) in [6, 6.07) is 32.8. The van der Waals surface area contributed by atoms with Crippen molar-refractivity contribution in [3.05, 3.63) is 126 Å². The van der Waals surface area contributed by atoms with Gasteiger partial charge in [-0.15, -0.1) is 0 Å². The number of hydrogen-bond donors (Lipinski definition) is 3. The molecular weight excluding hydrogens is 450 g/mol. The van der Waals surface area contributed by atoms with Gasteiger partial charge in [0, 0.05) is 18.3 Å². The number of benzene rings is 3. The first kappa shape index (κ1) is 25.1. The van der Waals surface area contributed by atoms with Gasteiger partial charge in [-0.05, 0) is 47.9 Å². The monoisotopic (exact) mass is 481 g/mol. The van der Waals surface area contributed by atoms with E-state index in [0.29, 0.717) is 24.7 Å². The van der Waals surface area contributed by atoms with Gasteiger partial charge in [0.15, 0.2) is 0 Å². The minimum atomic E-state index is -0.519. The molecular formula is C30H31N3O3. The predicted molar refractivity (Wildman–Crippen MR) is 142 cm³/mol. The molecule has 3 aromatic carbocycles. The molecule has 4 aromatic rings. The van der Waals surface area contributed by atoms with Crippen LogP contribution >= 0.6 is 0 Å². The van der Waals surface area contributed by atoms with Crippen molar-refractivity contribution >= 4 is 11.6 Å². The molecule has 0 aliphatic carbocycles. The van der Waals surface area contributed by atoms with Crippen LogP contribution in [0.2, 0.25) is 0 Å². The number of rotatable bonds is 12. The zero-order chi connectivity index (χ0) is 25.0. The van der Waals surface area contributed by atoms with Crippen molar-refractivity contribution < 1.29 is 14.6 Å². The largest absolute Gasteiger partial charge is 0.473 e. The fourth-order valence-corrected chi connectivity index (χ4v) is 3.76. The number of aromatic nitrogens is 1. The van der Waals surface area contributed by atoms with Crippen molar-refractivity contribution in [2.45, 2.75) is 25.6 Å². The van der Waals surface area contributed by atoms with Crippen molar-refractivity contribution in [1.29, 1.82) is 0 Å². The number of pyridine rings is 1. The summed E-state index contributed by atoms with van der Waals surface area (Å²) in [4.78, 5) is 17.0. The van der Waals surface area contributed by atoms with E-state index in [1.807, 2.05) is 97.1 Å². The topological polar surface area (TPSA) is 83.5 Å². The van der Waals surface area contributed by atoms with Gasteiger partial charge in [-0.1, -0.05) is 78.9 Å². The Morgan fingerprint density at radius 2 is 1.56 bits per heavy atom. The third kappa shape index (κ3) is 8.05. The van der Waals surface area contributed by atoms with Crippen LogP contribution in [0.15, 0.2) is 103 Å². The number of aliphatic hydroxyl groups excluding tert-OH is 1. The summed E-state index contributed by atoms with van der Waals surface area (Å²) < 4.78 is 5.76. The molecule has 6 heteroatoms. The number of aliphatic hydroxyl groups is 1. The van der Waals surface area contributed by atoms with E-state index in [4.69, 9.17) is 4.74 Å². The normalized spacial score (nSPS) is 11.6. The smallest absolute Gasteiger partial charge is 0.230 e. The van der Waals surface area contributed by atoms with E-state index in [-0.39, 0.29) is 12.3 Å². The predicted octanol–water partition coefficient (Wildman–Crippen LogP) is 4.71. The van der Waals surface area contributed by atoms with Gasteiger partial charge in [-0.3, -0.25) is 4.79 Å². The molecule has 6 nitrogen and oxygen atoms in total. The number of nitrogens with one attached hydrogen (secondary N) is 2. The Hall–Kier alpha value is -4.00. The summed E-state index contributed by atoms with van der Waals surface area (Å²) in [6.07, 6.45) is 0.474. The quantitative estimate of drug-likeness (QED) is 0.255. The number of hydrogen-bond acceptors (Lipinski definition) is 5. The van der Waals surface area contributed by atoms with Gasteiger partial charge in [0.2, 0.25) is 11.8 Å². The lowest BCUT2D eigenvalue weighted by Crippen LogP contribution is -2.23. The molecule has 0 aliphatic rings. The molecule has 0 aliphatic heterocycles. The average molecular weight is 482 g/mol. The van der Waals surface area contributed by atoms with Gasteiger partial charge in [0.25, 0.3) is 0 Å². The van der Waals surface area contributed by atoms with Crippen LogP contribution in [0.1, 0.15) is 28.5 Å². The molecule has 0 unspecified atom stereocenters. The Bertz CT molecular complexity index is 1220. The van der Waals surface area contributed by atoms with E-state index in [1.54, 1.807) is 6.07 Å². The second kappa shape index (κ2) is 13.2. The van der Waals surface area contributed by atoms with Crippen LogP contribution in [0.3, 0.4) is 0 Å². The standard InChI is InChI=1S/C30H31N3O3/c34-28(25-10-5-2-6-11-25)21-31-19-18-23-14-16-26(17-15-23)32-29(35)20-27-12-7-13-30(33-27)36-22-24-8-3-1-4-9-24/h1-17,28,31,34H,18-22H2,(H,32,35)/t28-/m0/s1. The lowest BCUT2D eigenvalue weighted by molar-refractivity contribution is -0.115. The van der Waals surface area contributed by atoms with Crippen LogP contribution in [0.4, 0.5) is 5.69 Å². The van der Waals surface area contributed by atoms with Crippen LogP contribution < -0.4 is 15.4 Å². The Kier molecular flexibility index (Phi) is 9.19. The molecule has 184 valence electrons. The Labute approximate surface area is 212 Å². The molecule has 1 aromatic heterocycles. The molecule has 3 N–H and O–H groups in total. The van der Waals surface area contributed by atoms with Crippen LogP contribution in [0.25, 0.3) is 0 Å². The first-order valence-electron chi connectivity index (χ1n) is 12.1. The third-order valence-corrected chi connectivity index (χ3v) is 5.70. The summed E-state index contributed by atoms with van der Waals surface area (Å²) in [6.45, 7) is 1.69. The van der Waals surface area contributed by atoms with E-state index in [1.165, 1.54) is 0 Å². The number of carbonyl (C=O) groups is 1. The summed E-state index contributed by atoms with van der Waals surface area (Å²) in [5.74, 6) is 0.366. The van der Waals surface area contributed by atoms with Gasteiger partial charge in [0.1, 0.15) is 6.61 Å². The van der Waals surface area contributed by atoms with Crippen LogP contribution in [-0.4, -0.2) is 29.1 Å². The molecule has 0 fully saturated rings. The molecule has 0 radical (unpaired) electrons. The molecule has 1 amide bonds. The number of amides is 1. The van der Waals surface area contributed by atoms with Gasteiger partial charge in [-0.25, -0.2) is 4.98 Å². The maximum Gasteiger partial charge on any atom is 0.230 e. The second-order valence-electron chi connectivity index (χ2n) is 8.54. The van der Waals surface area contributed by atoms with E-state index in [2.05, 4.69) is 15.6 Å². The van der Waals surface area contributed by atoms with Crippen molar-refractivity contribution in [3.8, 4) is 5.88 Å². The highest BCUT2D eigenvalue weighted by Gasteiger charge is 2.08. The minimum Gasteiger partial charge on any atom is -0.473 e. The maximum absolute atomic E-state index is 12.5. The van der Waals surface area contributed by atoms with Crippen molar-refractivity contribution in [2.24, 2.45) is 0 Å². The van der Waals surface area contributed by atoms with Crippen LogP contribution in [0.5, 0.6) is 5.88 Å². The zero-order valence-corrected chi connectivity index (χ0v) is 20.1. The number of carbonyl (C=O) groups excluding carboxylic acids is 1. The second-order valence-corrected chi connectivity index (χ2v) is 8.54. The fraction of sp³-hybridized carbons (Fsp3) is 0.200. The SMILES string of the molecule is O=C(Cc1cccc(OCc2ccccc2)n1)Nc1ccc(CCNC[C@H](O)c2ccccc2)cc1. The lowest BCUT2D eigenvalue weighted by Gasteiger charge is -2.12. The molecule has 0 bridgehead atoms. The molecule has 0 saturated carbocycles. The number of nitrogens with zero attached hydrogens (tertiary/aromatic N) is 1. The van der Waals surface area contributed by atoms with Crippen molar-refractivity contribution in [2.75, 3.05) is 18.4 Å². The van der Waals surface area contributed by atoms with Gasteiger partial charge < -0.3 is 20.5 Å². The number of anilines is 1.